The number of fused-ring (bicyclic) bond motifs is 1. The van der Waals surface area contributed by atoms with Crippen LogP contribution in [0.2, 0.25) is 0 Å². The summed E-state index contributed by atoms with van der Waals surface area (Å²) in [4.78, 5) is 29.5. The number of amides is 2. The highest BCUT2D eigenvalue weighted by molar-refractivity contribution is 8.04. The lowest BCUT2D eigenvalue weighted by molar-refractivity contribution is -0.114. The van der Waals surface area contributed by atoms with Crippen molar-refractivity contribution in [2.45, 2.75) is 37.2 Å². The molecule has 1 atom stereocenters. The molecule has 0 aliphatic carbocycles. The molecule has 4 nitrogen and oxygen atoms in total. The first-order valence-electron chi connectivity index (χ1n) is 13.0. The Hall–Kier alpha value is -4.16. The molecule has 0 saturated heterocycles. The Balaban J connectivity index is 1.33. The van der Waals surface area contributed by atoms with Gasteiger partial charge in [0.15, 0.2) is 0 Å². The zero-order valence-electron chi connectivity index (χ0n) is 21.6. The van der Waals surface area contributed by atoms with E-state index in [0.717, 1.165) is 29.0 Å². The van der Waals surface area contributed by atoms with Gasteiger partial charge < -0.3 is 10.2 Å². The van der Waals surface area contributed by atoms with Gasteiger partial charge in [-0.05, 0) is 60.4 Å². The van der Waals surface area contributed by atoms with Gasteiger partial charge in [0, 0.05) is 22.1 Å². The highest BCUT2D eigenvalue weighted by Gasteiger charge is 2.29. The van der Waals surface area contributed by atoms with E-state index in [9.17, 15) is 14.0 Å². The summed E-state index contributed by atoms with van der Waals surface area (Å²) in [6.07, 6.45) is 3.43. The number of halogens is 1. The van der Waals surface area contributed by atoms with Crippen molar-refractivity contribution >= 4 is 35.3 Å². The third-order valence-electron chi connectivity index (χ3n) is 6.74. The second kappa shape index (κ2) is 12.1. The van der Waals surface area contributed by atoms with E-state index in [0.29, 0.717) is 16.0 Å². The summed E-state index contributed by atoms with van der Waals surface area (Å²) in [7, 11) is 0. The molecule has 4 aromatic rings. The largest absolute Gasteiger partial charge is 0.349 e. The predicted octanol–water partition coefficient (Wildman–Crippen LogP) is 7.26. The van der Waals surface area contributed by atoms with Crippen LogP contribution in [0, 0.1) is 5.82 Å². The number of benzene rings is 4. The van der Waals surface area contributed by atoms with E-state index in [2.05, 4.69) is 24.4 Å². The molecule has 0 aromatic heterocycles. The Labute approximate surface area is 232 Å². The summed E-state index contributed by atoms with van der Waals surface area (Å²) in [6.45, 7) is 2.21. The van der Waals surface area contributed by atoms with E-state index in [4.69, 9.17) is 0 Å². The Morgan fingerprint density at radius 2 is 1.62 bits per heavy atom. The average Bonchev–Trinajstić information content (AvgIpc) is 2.96. The molecule has 1 unspecified atom stereocenters. The molecule has 0 spiro atoms. The topological polar surface area (TPSA) is 49.4 Å². The van der Waals surface area contributed by atoms with Crippen LogP contribution in [0.25, 0.3) is 6.08 Å². The fourth-order valence-electron chi connectivity index (χ4n) is 4.56. The molecule has 0 saturated carbocycles. The Bertz CT molecular complexity index is 1500. The minimum atomic E-state index is -0.338. The quantitative estimate of drug-likeness (QED) is 0.241. The third kappa shape index (κ3) is 6.29. The molecule has 0 bridgehead atoms. The average molecular weight is 537 g/mol. The highest BCUT2D eigenvalue weighted by Crippen LogP contribution is 2.42. The van der Waals surface area contributed by atoms with Crippen molar-refractivity contribution in [1.82, 2.24) is 5.32 Å². The van der Waals surface area contributed by atoms with E-state index in [1.54, 1.807) is 35.2 Å². The Morgan fingerprint density at radius 1 is 0.923 bits per heavy atom. The molecule has 6 heteroatoms. The van der Waals surface area contributed by atoms with Crippen molar-refractivity contribution in [3.05, 3.63) is 136 Å². The van der Waals surface area contributed by atoms with Gasteiger partial charge in [-0.2, -0.15) is 0 Å². The molecule has 2 amide bonds. The third-order valence-corrected chi connectivity index (χ3v) is 7.82. The predicted molar refractivity (Wildman–Crippen MR) is 156 cm³/mol. The summed E-state index contributed by atoms with van der Waals surface area (Å²) < 4.78 is 14.4. The van der Waals surface area contributed by atoms with Crippen LogP contribution in [0.5, 0.6) is 0 Å². The SMILES string of the molecule is CCC(Cc1ccccc1)NC(=O)c1ccc(C=C2Sc3ccccc3N(Cc3ccccc3F)C2=O)cc1. The van der Waals surface area contributed by atoms with E-state index >= 15 is 0 Å². The van der Waals surface area contributed by atoms with Crippen LogP contribution in [0.1, 0.15) is 40.4 Å². The molecule has 196 valence electrons. The molecule has 4 aromatic carbocycles. The first-order valence-corrected chi connectivity index (χ1v) is 13.8. The number of rotatable bonds is 8. The van der Waals surface area contributed by atoms with Crippen LogP contribution >= 0.6 is 11.8 Å². The van der Waals surface area contributed by atoms with Gasteiger partial charge in [0.1, 0.15) is 5.82 Å². The molecule has 0 radical (unpaired) electrons. The molecule has 0 fully saturated rings. The standard InChI is InChI=1S/C33H29FN2O2S/c1-2-27(20-23-10-4-3-5-11-23)35-32(37)25-18-16-24(17-19-25)21-31-33(38)36(22-26-12-6-7-13-28(26)34)29-14-8-9-15-30(29)39-31/h3-19,21,27H,2,20,22H2,1H3,(H,35,37). The van der Waals surface area contributed by atoms with Crippen LogP contribution < -0.4 is 10.2 Å². The summed E-state index contributed by atoms with van der Waals surface area (Å²) in [5, 5.41) is 3.13. The van der Waals surface area contributed by atoms with Gasteiger partial charge in [0.05, 0.1) is 17.1 Å². The molecular weight excluding hydrogens is 507 g/mol. The van der Waals surface area contributed by atoms with Gasteiger partial charge in [-0.1, -0.05) is 91.5 Å². The lowest BCUT2D eigenvalue weighted by atomic mass is 10.0. The summed E-state index contributed by atoms with van der Waals surface area (Å²) in [5.74, 6) is -0.643. The Kier molecular flexibility index (Phi) is 8.23. The number of nitrogens with zero attached hydrogens (tertiary/aromatic N) is 1. The van der Waals surface area contributed by atoms with Crippen LogP contribution in [-0.4, -0.2) is 17.9 Å². The summed E-state index contributed by atoms with van der Waals surface area (Å²) in [5.41, 5.74) is 3.79. The second-order valence-electron chi connectivity index (χ2n) is 9.45. The molecule has 5 rings (SSSR count). The summed E-state index contributed by atoms with van der Waals surface area (Å²) >= 11 is 1.40. The van der Waals surface area contributed by atoms with Gasteiger partial charge in [0.25, 0.3) is 11.8 Å². The second-order valence-corrected chi connectivity index (χ2v) is 10.5. The van der Waals surface area contributed by atoms with Gasteiger partial charge in [-0.25, -0.2) is 4.39 Å². The number of carbonyl (C=O) groups is 2. The van der Waals surface area contributed by atoms with Gasteiger partial charge in [0.2, 0.25) is 0 Å². The summed E-state index contributed by atoms with van der Waals surface area (Å²) in [6, 6.07) is 31.6. The van der Waals surface area contributed by atoms with Crippen LogP contribution in [-0.2, 0) is 17.8 Å². The van der Waals surface area contributed by atoms with Crippen LogP contribution in [0.15, 0.2) is 113 Å². The maximum Gasteiger partial charge on any atom is 0.265 e. The van der Waals surface area contributed by atoms with Crippen molar-refractivity contribution in [3.8, 4) is 0 Å². The van der Waals surface area contributed by atoms with Gasteiger partial charge in [-0.3, -0.25) is 9.59 Å². The molecule has 1 N–H and O–H groups in total. The number of para-hydroxylation sites is 1. The van der Waals surface area contributed by atoms with Crippen molar-refractivity contribution in [1.29, 1.82) is 0 Å². The first-order chi connectivity index (χ1) is 19.0. The number of hydrogen-bond acceptors (Lipinski definition) is 3. The number of nitrogens with one attached hydrogen (secondary N) is 1. The molecule has 1 aliphatic heterocycles. The molecule has 1 aliphatic rings. The Morgan fingerprint density at radius 3 is 2.36 bits per heavy atom. The maximum absolute atomic E-state index is 14.4. The van der Waals surface area contributed by atoms with E-state index in [-0.39, 0.29) is 30.2 Å². The number of carbonyl (C=O) groups excluding carboxylic acids is 2. The van der Waals surface area contributed by atoms with Crippen molar-refractivity contribution < 1.29 is 14.0 Å². The minimum Gasteiger partial charge on any atom is -0.349 e. The fraction of sp³-hybridized carbons (Fsp3) is 0.152. The van der Waals surface area contributed by atoms with E-state index in [1.807, 2.05) is 60.7 Å². The molecule has 1 heterocycles. The number of thioether (sulfide) groups is 1. The minimum absolute atomic E-state index is 0.0402. The van der Waals surface area contributed by atoms with Gasteiger partial charge >= 0.3 is 0 Å². The zero-order valence-corrected chi connectivity index (χ0v) is 22.5. The first kappa shape index (κ1) is 26.4. The van der Waals surface area contributed by atoms with E-state index < -0.39 is 0 Å². The van der Waals surface area contributed by atoms with Crippen molar-refractivity contribution in [2.24, 2.45) is 0 Å². The monoisotopic (exact) mass is 536 g/mol. The maximum atomic E-state index is 14.4. The molecule has 39 heavy (non-hydrogen) atoms. The smallest absolute Gasteiger partial charge is 0.265 e. The van der Waals surface area contributed by atoms with Gasteiger partial charge in [-0.15, -0.1) is 0 Å². The zero-order chi connectivity index (χ0) is 27.2. The lowest BCUT2D eigenvalue weighted by Gasteiger charge is -2.30. The number of hydrogen-bond donors (Lipinski definition) is 1. The van der Waals surface area contributed by atoms with Crippen molar-refractivity contribution in [3.63, 3.8) is 0 Å². The number of anilines is 1. The highest BCUT2D eigenvalue weighted by atomic mass is 32.2. The van der Waals surface area contributed by atoms with Crippen LogP contribution in [0.4, 0.5) is 10.1 Å². The normalized spacial score (nSPS) is 14.7. The van der Waals surface area contributed by atoms with Crippen LogP contribution in [0.3, 0.4) is 0 Å². The van der Waals surface area contributed by atoms with Crippen molar-refractivity contribution in [2.75, 3.05) is 4.90 Å². The molecular formula is C33H29FN2O2S. The fourth-order valence-corrected chi connectivity index (χ4v) is 5.62. The van der Waals surface area contributed by atoms with E-state index in [1.165, 1.54) is 23.4 Å². The lowest BCUT2D eigenvalue weighted by Crippen LogP contribution is -2.35.